The predicted octanol–water partition coefficient (Wildman–Crippen LogP) is 2.97. The van der Waals surface area contributed by atoms with Crippen molar-refractivity contribution < 1.29 is 13.0 Å². The monoisotopic (exact) mass is 399 g/mol. The van der Waals surface area contributed by atoms with Gasteiger partial charge in [0, 0.05) is 17.1 Å². The number of carbonyl (C=O) groups excluding carboxylic acids is 1. The third-order valence-corrected chi connectivity index (χ3v) is 3.96. The molecule has 1 N–H and O–H groups in total. The minimum Gasteiger partial charge on any atom is -0.492 e. The first-order valence-electron chi connectivity index (χ1n) is 5.43. The molecular formula is C12H6IN3O3S. The van der Waals surface area contributed by atoms with Crippen LogP contribution in [0.4, 0.5) is 0 Å². The van der Waals surface area contributed by atoms with Crippen molar-refractivity contribution >= 4 is 50.5 Å². The molecule has 0 saturated carbocycles. The van der Waals surface area contributed by atoms with Crippen molar-refractivity contribution in [2.75, 3.05) is 0 Å². The zero-order valence-electron chi connectivity index (χ0n) is 9.78. The van der Waals surface area contributed by atoms with E-state index in [-0.39, 0.29) is 11.7 Å². The summed E-state index contributed by atoms with van der Waals surface area (Å²) in [6.07, 6.45) is 1.67. The molecule has 0 bridgehead atoms. The maximum atomic E-state index is 11.5. The average Bonchev–Trinajstić information content (AvgIpc) is 2.91. The fourth-order valence-electron chi connectivity index (χ4n) is 1.73. The highest BCUT2D eigenvalue weighted by molar-refractivity contribution is 14.1. The summed E-state index contributed by atoms with van der Waals surface area (Å²) in [7, 11) is 0. The second kappa shape index (κ2) is 5.29. The smallest absolute Gasteiger partial charge is 0.385 e. The zero-order valence-corrected chi connectivity index (χ0v) is 12.8. The Hall–Kier alpha value is -1.81. The highest BCUT2D eigenvalue weighted by Gasteiger charge is 2.19. The van der Waals surface area contributed by atoms with Gasteiger partial charge in [-0.3, -0.25) is 4.98 Å². The first-order valence-corrected chi connectivity index (χ1v) is 7.19. The number of hydrogen-bond donors (Lipinski definition) is 1. The van der Waals surface area contributed by atoms with Crippen LogP contribution >= 0.6 is 34.3 Å². The summed E-state index contributed by atoms with van der Waals surface area (Å²) in [5.41, 5.74) is 1.94. The SMILES string of the molecule is O=C(OI)c1nc(O)c2scc(-c3ccccn3)c2n1. The van der Waals surface area contributed by atoms with Crippen molar-refractivity contribution in [3.63, 3.8) is 0 Å². The summed E-state index contributed by atoms with van der Waals surface area (Å²) in [4.78, 5) is 23.6. The van der Waals surface area contributed by atoms with Crippen molar-refractivity contribution in [3.8, 4) is 17.1 Å². The highest BCUT2D eigenvalue weighted by Crippen LogP contribution is 2.35. The topological polar surface area (TPSA) is 85.2 Å². The quantitative estimate of drug-likeness (QED) is 0.667. The normalized spacial score (nSPS) is 10.7. The summed E-state index contributed by atoms with van der Waals surface area (Å²) in [5, 5.41) is 11.7. The standard InChI is InChI=1S/C12H6IN3O3S/c13-19-12(18)10-15-8-6(7-3-1-2-4-14-7)5-20-9(8)11(17)16-10/h1-5H,(H,15,16,17). The zero-order chi connectivity index (χ0) is 14.1. The Bertz CT molecular complexity index is 791. The van der Waals surface area contributed by atoms with Crippen molar-refractivity contribution in [2.45, 2.75) is 0 Å². The second-order valence-electron chi connectivity index (χ2n) is 3.78. The number of halogens is 1. The number of aromatic nitrogens is 3. The number of nitrogens with zero attached hydrogens (tertiary/aromatic N) is 3. The third kappa shape index (κ3) is 2.20. The van der Waals surface area contributed by atoms with Crippen LogP contribution in [0.2, 0.25) is 0 Å². The number of fused-ring (bicyclic) bond motifs is 1. The molecule has 0 unspecified atom stereocenters. The van der Waals surface area contributed by atoms with Gasteiger partial charge in [-0.15, -0.1) is 11.3 Å². The largest absolute Gasteiger partial charge is 0.492 e. The number of rotatable bonds is 2. The second-order valence-corrected chi connectivity index (χ2v) is 5.10. The Kier molecular flexibility index (Phi) is 3.49. The van der Waals surface area contributed by atoms with Crippen LogP contribution in [-0.2, 0) is 3.07 Å². The van der Waals surface area contributed by atoms with E-state index in [1.165, 1.54) is 34.3 Å². The molecule has 3 rings (SSSR count). The Morgan fingerprint density at radius 1 is 1.35 bits per heavy atom. The van der Waals surface area contributed by atoms with Gasteiger partial charge in [-0.2, -0.15) is 4.98 Å². The predicted molar refractivity (Wildman–Crippen MR) is 81.7 cm³/mol. The van der Waals surface area contributed by atoms with Crippen LogP contribution in [-0.4, -0.2) is 26.0 Å². The van der Waals surface area contributed by atoms with E-state index >= 15 is 0 Å². The van der Waals surface area contributed by atoms with E-state index in [0.717, 1.165) is 5.56 Å². The number of thiophene rings is 1. The van der Waals surface area contributed by atoms with Crippen molar-refractivity contribution in [1.29, 1.82) is 0 Å². The molecule has 0 spiro atoms. The van der Waals surface area contributed by atoms with E-state index in [1.54, 1.807) is 6.20 Å². The molecule has 3 aromatic rings. The minimum atomic E-state index is -0.707. The maximum Gasteiger partial charge on any atom is 0.385 e. The fraction of sp³-hybridized carbons (Fsp3) is 0. The van der Waals surface area contributed by atoms with Gasteiger partial charge in [0.15, 0.2) is 23.0 Å². The number of aromatic hydroxyl groups is 1. The molecule has 20 heavy (non-hydrogen) atoms. The average molecular weight is 399 g/mol. The van der Waals surface area contributed by atoms with Crippen LogP contribution in [0.5, 0.6) is 5.88 Å². The molecular weight excluding hydrogens is 393 g/mol. The van der Waals surface area contributed by atoms with Gasteiger partial charge < -0.3 is 8.17 Å². The molecule has 0 fully saturated rings. The molecule has 0 amide bonds. The van der Waals surface area contributed by atoms with Crippen molar-refractivity contribution in [2.24, 2.45) is 0 Å². The van der Waals surface area contributed by atoms with Gasteiger partial charge in [0.05, 0.1) is 11.2 Å². The van der Waals surface area contributed by atoms with Crippen LogP contribution in [0, 0.1) is 0 Å². The van der Waals surface area contributed by atoms with Gasteiger partial charge in [0.25, 0.3) is 0 Å². The van der Waals surface area contributed by atoms with Crippen LogP contribution in [0.3, 0.4) is 0 Å². The Morgan fingerprint density at radius 3 is 2.90 bits per heavy atom. The molecule has 0 aliphatic heterocycles. The van der Waals surface area contributed by atoms with E-state index in [2.05, 4.69) is 18.0 Å². The van der Waals surface area contributed by atoms with Crippen LogP contribution in [0.25, 0.3) is 21.5 Å². The molecule has 3 heterocycles. The van der Waals surface area contributed by atoms with Crippen LogP contribution in [0.1, 0.15) is 10.6 Å². The number of hydrogen-bond acceptors (Lipinski definition) is 7. The number of carbonyl (C=O) groups is 1. The minimum absolute atomic E-state index is 0.181. The van der Waals surface area contributed by atoms with E-state index in [4.69, 9.17) is 0 Å². The van der Waals surface area contributed by atoms with E-state index in [0.29, 0.717) is 15.9 Å². The van der Waals surface area contributed by atoms with E-state index < -0.39 is 5.97 Å². The summed E-state index contributed by atoms with van der Waals surface area (Å²) in [6, 6.07) is 5.49. The molecule has 0 radical (unpaired) electrons. The lowest BCUT2D eigenvalue weighted by Gasteiger charge is -2.01. The summed E-state index contributed by atoms with van der Waals surface area (Å²) >= 11 is 2.74. The molecule has 0 atom stereocenters. The van der Waals surface area contributed by atoms with Gasteiger partial charge in [-0.1, -0.05) is 6.07 Å². The van der Waals surface area contributed by atoms with Gasteiger partial charge in [0.1, 0.15) is 4.70 Å². The molecule has 100 valence electrons. The lowest BCUT2D eigenvalue weighted by Crippen LogP contribution is -2.04. The molecule has 0 aliphatic rings. The Morgan fingerprint density at radius 2 is 2.20 bits per heavy atom. The Labute approximate surface area is 131 Å². The lowest BCUT2D eigenvalue weighted by atomic mass is 10.2. The van der Waals surface area contributed by atoms with Gasteiger partial charge in [0.2, 0.25) is 11.7 Å². The van der Waals surface area contributed by atoms with Crippen LogP contribution in [0.15, 0.2) is 29.8 Å². The van der Waals surface area contributed by atoms with Crippen molar-refractivity contribution in [1.82, 2.24) is 15.0 Å². The molecule has 0 aromatic carbocycles. The molecule has 0 aliphatic carbocycles. The highest BCUT2D eigenvalue weighted by atomic mass is 127. The van der Waals surface area contributed by atoms with Gasteiger partial charge in [-0.05, 0) is 12.1 Å². The molecule has 3 aromatic heterocycles. The Balaban J connectivity index is 2.25. The molecule has 6 nitrogen and oxygen atoms in total. The van der Waals surface area contributed by atoms with Gasteiger partial charge >= 0.3 is 5.97 Å². The summed E-state index contributed by atoms with van der Waals surface area (Å²) in [5.74, 6) is -1.13. The van der Waals surface area contributed by atoms with Crippen molar-refractivity contribution in [3.05, 3.63) is 35.6 Å². The first kappa shape index (κ1) is 13.2. The molecule has 8 heteroatoms. The van der Waals surface area contributed by atoms with Gasteiger partial charge in [-0.25, -0.2) is 9.78 Å². The maximum absolute atomic E-state index is 11.5. The van der Waals surface area contributed by atoms with E-state index in [9.17, 15) is 9.90 Å². The first-order chi connectivity index (χ1) is 9.70. The lowest BCUT2D eigenvalue weighted by molar-refractivity contribution is 0.0787. The summed E-state index contributed by atoms with van der Waals surface area (Å²) in [6.45, 7) is 0. The molecule has 0 saturated heterocycles. The van der Waals surface area contributed by atoms with Crippen LogP contribution < -0.4 is 0 Å². The number of pyridine rings is 1. The third-order valence-electron chi connectivity index (χ3n) is 2.59. The summed E-state index contributed by atoms with van der Waals surface area (Å²) < 4.78 is 5.05. The fourth-order valence-corrected chi connectivity index (χ4v) is 2.82. The van der Waals surface area contributed by atoms with E-state index in [1.807, 2.05) is 23.6 Å².